The van der Waals surface area contributed by atoms with Crippen LogP contribution in [0.3, 0.4) is 0 Å². The second-order valence-corrected chi connectivity index (χ2v) is 3.14. The van der Waals surface area contributed by atoms with E-state index < -0.39 is 24.0 Å². The summed E-state index contributed by atoms with van der Waals surface area (Å²) in [5.74, 6) is -2.01. The summed E-state index contributed by atoms with van der Waals surface area (Å²) in [7, 11) is 5.33. The molecular formula is C11H10BFO3. The van der Waals surface area contributed by atoms with Crippen LogP contribution in [0.5, 0.6) is 0 Å². The summed E-state index contributed by atoms with van der Waals surface area (Å²) in [5, 5.41) is 0. The molecule has 1 aromatic rings. The quantitative estimate of drug-likeness (QED) is 0.325. The standard InChI is InChI=1S/C11H10BFO3/c1-2-16-11(15)6-10(14)8-4-3-7(12)5-9(8)13/h3-5H,2,6H2,1H3. The van der Waals surface area contributed by atoms with Gasteiger partial charge in [0.25, 0.3) is 0 Å². The van der Waals surface area contributed by atoms with Gasteiger partial charge in [-0.15, -0.1) is 0 Å². The number of carbonyl (C=O) groups is 2. The number of hydrogen-bond donors (Lipinski definition) is 0. The summed E-state index contributed by atoms with van der Waals surface area (Å²) in [6.07, 6.45) is -0.464. The Hall–Kier alpha value is -1.65. The third-order valence-corrected chi connectivity index (χ3v) is 1.90. The molecule has 0 aliphatic rings. The smallest absolute Gasteiger partial charge is 0.313 e. The highest BCUT2D eigenvalue weighted by molar-refractivity contribution is 6.32. The number of carbonyl (C=O) groups excluding carboxylic acids is 2. The zero-order chi connectivity index (χ0) is 12.1. The van der Waals surface area contributed by atoms with Crippen molar-refractivity contribution < 1.29 is 18.7 Å². The molecule has 0 saturated carbocycles. The Balaban J connectivity index is 2.77. The molecule has 0 amide bonds. The zero-order valence-electron chi connectivity index (χ0n) is 8.83. The van der Waals surface area contributed by atoms with Crippen molar-refractivity contribution in [3.05, 3.63) is 29.6 Å². The Morgan fingerprint density at radius 3 is 2.69 bits per heavy atom. The van der Waals surface area contributed by atoms with Gasteiger partial charge in [-0.1, -0.05) is 11.5 Å². The molecule has 0 saturated heterocycles. The maximum Gasteiger partial charge on any atom is 0.313 e. The van der Waals surface area contributed by atoms with Crippen molar-refractivity contribution in [3.8, 4) is 0 Å². The van der Waals surface area contributed by atoms with E-state index in [1.54, 1.807) is 6.92 Å². The number of Topliss-reactive ketones (excluding diaryl/α,β-unsaturated/α-hetero) is 1. The van der Waals surface area contributed by atoms with Crippen molar-refractivity contribution in [1.29, 1.82) is 0 Å². The third-order valence-electron chi connectivity index (χ3n) is 1.90. The van der Waals surface area contributed by atoms with Gasteiger partial charge in [0.15, 0.2) is 5.78 Å². The van der Waals surface area contributed by atoms with E-state index in [0.717, 1.165) is 6.07 Å². The fourth-order valence-electron chi connectivity index (χ4n) is 1.20. The predicted molar refractivity (Wildman–Crippen MR) is 57.4 cm³/mol. The molecule has 1 aromatic carbocycles. The number of rotatable bonds is 4. The van der Waals surface area contributed by atoms with E-state index in [2.05, 4.69) is 4.74 Å². The van der Waals surface area contributed by atoms with Gasteiger partial charge in [0.1, 0.15) is 20.1 Å². The highest BCUT2D eigenvalue weighted by atomic mass is 19.1. The minimum atomic E-state index is -0.728. The van der Waals surface area contributed by atoms with E-state index >= 15 is 0 Å². The molecule has 3 nitrogen and oxygen atoms in total. The van der Waals surface area contributed by atoms with Gasteiger partial charge in [0.05, 0.1) is 12.2 Å². The Morgan fingerprint density at radius 1 is 1.44 bits per heavy atom. The van der Waals surface area contributed by atoms with Crippen molar-refractivity contribution in [3.63, 3.8) is 0 Å². The van der Waals surface area contributed by atoms with E-state index in [-0.39, 0.29) is 17.6 Å². The van der Waals surface area contributed by atoms with E-state index in [1.807, 2.05) is 0 Å². The van der Waals surface area contributed by atoms with Crippen LogP contribution < -0.4 is 5.46 Å². The first-order valence-corrected chi connectivity index (χ1v) is 4.78. The summed E-state index contributed by atoms with van der Waals surface area (Å²) in [6.45, 7) is 1.82. The number of benzene rings is 1. The van der Waals surface area contributed by atoms with Gasteiger partial charge >= 0.3 is 5.97 Å². The van der Waals surface area contributed by atoms with Crippen LogP contribution in [0.1, 0.15) is 23.7 Å². The van der Waals surface area contributed by atoms with Crippen LogP contribution in [0, 0.1) is 5.82 Å². The first-order chi connectivity index (χ1) is 7.54. The van der Waals surface area contributed by atoms with Crippen LogP contribution in [0.25, 0.3) is 0 Å². The Bertz CT molecular complexity index is 418. The zero-order valence-corrected chi connectivity index (χ0v) is 8.83. The molecule has 0 fully saturated rings. The topological polar surface area (TPSA) is 43.4 Å². The SMILES string of the molecule is [B]c1ccc(C(=O)CC(=O)OCC)c(F)c1. The molecule has 0 aromatic heterocycles. The van der Waals surface area contributed by atoms with Crippen molar-refractivity contribution in [2.45, 2.75) is 13.3 Å². The summed E-state index contributed by atoms with van der Waals surface area (Å²) >= 11 is 0. The van der Waals surface area contributed by atoms with Crippen LogP contribution in [0.2, 0.25) is 0 Å². The van der Waals surface area contributed by atoms with Crippen molar-refractivity contribution in [2.24, 2.45) is 0 Å². The van der Waals surface area contributed by atoms with Gasteiger partial charge in [-0.05, 0) is 19.1 Å². The number of esters is 1. The van der Waals surface area contributed by atoms with Crippen molar-refractivity contribution in [1.82, 2.24) is 0 Å². The van der Waals surface area contributed by atoms with Crippen LogP contribution in [0.4, 0.5) is 4.39 Å². The van der Waals surface area contributed by atoms with Crippen LogP contribution in [-0.4, -0.2) is 26.2 Å². The van der Waals surface area contributed by atoms with Gasteiger partial charge in [-0.2, -0.15) is 0 Å². The first-order valence-electron chi connectivity index (χ1n) is 4.78. The highest BCUT2D eigenvalue weighted by Crippen LogP contribution is 2.08. The number of hydrogen-bond acceptors (Lipinski definition) is 3. The number of ketones is 1. The summed E-state index contributed by atoms with van der Waals surface area (Å²) in [4.78, 5) is 22.5. The van der Waals surface area contributed by atoms with E-state index in [9.17, 15) is 14.0 Å². The molecule has 82 valence electrons. The lowest BCUT2D eigenvalue weighted by Gasteiger charge is -2.03. The van der Waals surface area contributed by atoms with Crippen LogP contribution in [-0.2, 0) is 9.53 Å². The molecule has 2 radical (unpaired) electrons. The van der Waals surface area contributed by atoms with E-state index in [1.165, 1.54) is 12.1 Å². The Labute approximate surface area is 94.0 Å². The first kappa shape index (κ1) is 12.4. The summed E-state index contributed by atoms with van der Waals surface area (Å²) < 4.78 is 17.9. The molecule has 0 unspecified atom stereocenters. The molecule has 0 aliphatic carbocycles. The fraction of sp³-hybridized carbons (Fsp3) is 0.273. The third kappa shape index (κ3) is 3.19. The maximum absolute atomic E-state index is 13.3. The minimum Gasteiger partial charge on any atom is -0.466 e. The summed E-state index contributed by atoms with van der Waals surface area (Å²) in [6, 6.07) is 3.70. The lowest BCUT2D eigenvalue weighted by molar-refractivity contribution is -0.141. The van der Waals surface area contributed by atoms with E-state index in [0.29, 0.717) is 0 Å². The molecule has 0 atom stereocenters. The average molecular weight is 220 g/mol. The lowest BCUT2D eigenvalue weighted by atomic mass is 9.94. The van der Waals surface area contributed by atoms with Crippen LogP contribution >= 0.6 is 0 Å². The monoisotopic (exact) mass is 220 g/mol. The number of ether oxygens (including phenoxy) is 1. The predicted octanol–water partition coefficient (Wildman–Crippen LogP) is 0.755. The number of halogens is 1. The van der Waals surface area contributed by atoms with E-state index in [4.69, 9.17) is 7.85 Å². The fourth-order valence-corrected chi connectivity index (χ4v) is 1.20. The molecule has 5 heteroatoms. The van der Waals surface area contributed by atoms with Crippen LogP contribution in [0.15, 0.2) is 18.2 Å². The van der Waals surface area contributed by atoms with Gasteiger partial charge in [0, 0.05) is 0 Å². The molecule has 0 bridgehead atoms. The second-order valence-electron chi connectivity index (χ2n) is 3.14. The lowest BCUT2D eigenvalue weighted by Crippen LogP contribution is -2.14. The molecule has 0 heterocycles. The molecule has 0 N–H and O–H groups in total. The molecular weight excluding hydrogens is 210 g/mol. The largest absolute Gasteiger partial charge is 0.466 e. The second kappa shape index (κ2) is 5.44. The van der Waals surface area contributed by atoms with Gasteiger partial charge < -0.3 is 4.74 Å². The van der Waals surface area contributed by atoms with Gasteiger partial charge in [0.2, 0.25) is 0 Å². The van der Waals surface area contributed by atoms with Gasteiger partial charge in [-0.25, -0.2) is 4.39 Å². The van der Waals surface area contributed by atoms with Crippen molar-refractivity contribution >= 4 is 25.1 Å². The maximum atomic E-state index is 13.3. The molecule has 16 heavy (non-hydrogen) atoms. The van der Waals surface area contributed by atoms with Crippen molar-refractivity contribution in [2.75, 3.05) is 6.61 Å². The highest BCUT2D eigenvalue weighted by Gasteiger charge is 2.16. The normalized spacial score (nSPS) is 9.88. The molecule has 1 rings (SSSR count). The summed E-state index contributed by atoms with van der Waals surface area (Å²) in [5.41, 5.74) is 0.0763. The molecule has 0 aliphatic heterocycles. The molecule has 0 spiro atoms. The van der Waals surface area contributed by atoms with Gasteiger partial charge in [-0.3, -0.25) is 9.59 Å². The Kier molecular flexibility index (Phi) is 4.23. The Morgan fingerprint density at radius 2 is 2.12 bits per heavy atom. The average Bonchev–Trinajstić information content (AvgIpc) is 2.17. The minimum absolute atomic E-state index is 0.151.